The number of nitrogens with one attached hydrogen (secondary N) is 1. The van der Waals surface area contributed by atoms with Crippen LogP contribution >= 0.6 is 11.6 Å². The summed E-state index contributed by atoms with van der Waals surface area (Å²) in [4.78, 5) is 0. The van der Waals surface area contributed by atoms with E-state index in [2.05, 4.69) is 5.32 Å². The van der Waals surface area contributed by atoms with E-state index in [0.29, 0.717) is 0 Å². The van der Waals surface area contributed by atoms with E-state index < -0.39 is 0 Å². The number of piperidine rings is 1. The lowest BCUT2D eigenvalue weighted by Crippen LogP contribution is -2.29. The fourth-order valence-electron chi connectivity index (χ4n) is 1.32. The summed E-state index contributed by atoms with van der Waals surface area (Å²) in [6.07, 6.45) is 3.90. The molecule has 1 saturated heterocycles. The first-order chi connectivity index (χ1) is 4.43. The summed E-state index contributed by atoms with van der Waals surface area (Å²) >= 11 is 5.61. The van der Waals surface area contributed by atoms with Crippen LogP contribution in [0.15, 0.2) is 0 Å². The summed E-state index contributed by atoms with van der Waals surface area (Å²) in [6.45, 7) is 2.39. The molecule has 0 bridgehead atoms. The van der Waals surface area contributed by atoms with Gasteiger partial charge in [-0.2, -0.15) is 0 Å². The van der Waals surface area contributed by atoms with Gasteiger partial charge in [-0.3, -0.25) is 0 Å². The van der Waals surface area contributed by atoms with Crippen LogP contribution in [0.3, 0.4) is 0 Å². The Kier molecular flexibility index (Phi) is 3.37. The van der Waals surface area contributed by atoms with E-state index in [1.165, 1.54) is 32.4 Å². The molecule has 1 nitrogen and oxygen atoms in total. The fourth-order valence-corrected chi connectivity index (χ4v) is 1.63. The Labute approximate surface area is 61.8 Å². The molecule has 2 heteroatoms. The first-order valence-electron chi connectivity index (χ1n) is 3.70. The van der Waals surface area contributed by atoms with Crippen LogP contribution in [0.4, 0.5) is 0 Å². The quantitative estimate of drug-likeness (QED) is 0.586. The second-order valence-electron chi connectivity index (χ2n) is 2.69. The number of alkyl halides is 1. The van der Waals surface area contributed by atoms with Crippen molar-refractivity contribution in [2.75, 3.05) is 19.0 Å². The van der Waals surface area contributed by atoms with Gasteiger partial charge in [0.2, 0.25) is 0 Å². The van der Waals surface area contributed by atoms with Gasteiger partial charge >= 0.3 is 0 Å². The molecule has 0 amide bonds. The van der Waals surface area contributed by atoms with Gasteiger partial charge in [-0.05, 0) is 38.3 Å². The van der Waals surface area contributed by atoms with Gasteiger partial charge < -0.3 is 5.32 Å². The summed E-state index contributed by atoms with van der Waals surface area (Å²) in [7, 11) is 0. The number of rotatable bonds is 2. The van der Waals surface area contributed by atoms with Crippen LogP contribution in [0.1, 0.15) is 19.3 Å². The average Bonchev–Trinajstić information content (AvgIpc) is 1.91. The summed E-state index contributed by atoms with van der Waals surface area (Å²) in [6, 6.07) is 0. The van der Waals surface area contributed by atoms with Gasteiger partial charge in [-0.1, -0.05) is 0 Å². The van der Waals surface area contributed by atoms with Gasteiger partial charge in [0.05, 0.1) is 0 Å². The molecule has 1 aliphatic rings. The van der Waals surface area contributed by atoms with Crippen LogP contribution in [-0.2, 0) is 0 Å². The third kappa shape index (κ3) is 2.55. The van der Waals surface area contributed by atoms with Crippen LogP contribution in [0.5, 0.6) is 0 Å². The van der Waals surface area contributed by atoms with Crippen molar-refractivity contribution in [2.45, 2.75) is 19.3 Å². The van der Waals surface area contributed by atoms with E-state index in [4.69, 9.17) is 11.6 Å². The van der Waals surface area contributed by atoms with Crippen molar-refractivity contribution < 1.29 is 0 Å². The van der Waals surface area contributed by atoms with Gasteiger partial charge in [-0.25, -0.2) is 0 Å². The number of hydrogen-bond acceptors (Lipinski definition) is 1. The molecule has 0 aliphatic carbocycles. The normalized spacial score (nSPS) is 28.3. The van der Waals surface area contributed by atoms with Gasteiger partial charge in [0.1, 0.15) is 0 Å². The molecule has 1 N–H and O–H groups in total. The Morgan fingerprint density at radius 1 is 1.56 bits per heavy atom. The second kappa shape index (κ2) is 4.13. The first-order valence-corrected chi connectivity index (χ1v) is 4.23. The van der Waals surface area contributed by atoms with E-state index in [1.54, 1.807) is 0 Å². The highest BCUT2D eigenvalue weighted by Crippen LogP contribution is 2.13. The van der Waals surface area contributed by atoms with E-state index in [0.717, 1.165) is 11.8 Å². The predicted molar refractivity (Wildman–Crippen MR) is 40.9 cm³/mol. The molecule has 0 spiro atoms. The second-order valence-corrected chi connectivity index (χ2v) is 3.07. The molecular weight excluding hydrogens is 134 g/mol. The Bertz CT molecular complexity index is 66.6. The molecule has 1 rings (SSSR count). The Morgan fingerprint density at radius 3 is 3.00 bits per heavy atom. The summed E-state index contributed by atoms with van der Waals surface area (Å²) < 4.78 is 0. The molecule has 54 valence electrons. The van der Waals surface area contributed by atoms with Gasteiger partial charge in [0, 0.05) is 5.88 Å². The zero-order chi connectivity index (χ0) is 6.53. The van der Waals surface area contributed by atoms with E-state index in [-0.39, 0.29) is 0 Å². The van der Waals surface area contributed by atoms with E-state index >= 15 is 0 Å². The van der Waals surface area contributed by atoms with E-state index in [1.807, 2.05) is 0 Å². The fraction of sp³-hybridized carbons (Fsp3) is 1.00. The highest BCUT2D eigenvalue weighted by molar-refractivity contribution is 6.17. The van der Waals surface area contributed by atoms with Crippen molar-refractivity contribution in [2.24, 2.45) is 5.92 Å². The standard InChI is InChI=1S/C7H14ClN/c8-4-3-7-2-1-5-9-6-7/h7,9H,1-6H2/t7-/m0/s1. The molecule has 1 fully saturated rings. The van der Waals surface area contributed by atoms with Crippen LogP contribution < -0.4 is 5.32 Å². The number of halogens is 1. The molecule has 0 radical (unpaired) electrons. The lowest BCUT2D eigenvalue weighted by Gasteiger charge is -2.21. The van der Waals surface area contributed by atoms with E-state index in [9.17, 15) is 0 Å². The topological polar surface area (TPSA) is 12.0 Å². The lowest BCUT2D eigenvalue weighted by molar-refractivity contribution is 0.370. The van der Waals surface area contributed by atoms with Gasteiger partial charge in [0.15, 0.2) is 0 Å². The maximum Gasteiger partial charge on any atom is 0.0226 e. The van der Waals surface area contributed by atoms with Crippen LogP contribution in [-0.4, -0.2) is 19.0 Å². The molecule has 0 aromatic heterocycles. The molecule has 1 heterocycles. The van der Waals surface area contributed by atoms with Gasteiger partial charge in [-0.15, -0.1) is 11.6 Å². The minimum atomic E-state index is 0.826. The average molecular weight is 148 g/mol. The molecule has 0 saturated carbocycles. The van der Waals surface area contributed by atoms with Crippen LogP contribution in [0, 0.1) is 5.92 Å². The third-order valence-corrected chi connectivity index (χ3v) is 2.13. The molecule has 0 aromatic rings. The molecule has 0 aromatic carbocycles. The summed E-state index contributed by atoms with van der Waals surface area (Å²) in [5.74, 6) is 1.68. The monoisotopic (exact) mass is 147 g/mol. The number of hydrogen-bond donors (Lipinski definition) is 1. The molecule has 1 atom stereocenters. The third-order valence-electron chi connectivity index (χ3n) is 1.92. The lowest BCUT2D eigenvalue weighted by atomic mass is 9.97. The Hall–Kier alpha value is 0.250. The van der Waals surface area contributed by atoms with Crippen LogP contribution in [0.25, 0.3) is 0 Å². The Balaban J connectivity index is 2.08. The minimum absolute atomic E-state index is 0.826. The largest absolute Gasteiger partial charge is 0.316 e. The summed E-state index contributed by atoms with van der Waals surface area (Å²) in [5.41, 5.74) is 0. The molecule has 1 aliphatic heterocycles. The zero-order valence-electron chi connectivity index (χ0n) is 5.70. The van der Waals surface area contributed by atoms with Crippen molar-refractivity contribution in [3.05, 3.63) is 0 Å². The van der Waals surface area contributed by atoms with Crippen molar-refractivity contribution in [3.63, 3.8) is 0 Å². The Morgan fingerprint density at radius 2 is 2.44 bits per heavy atom. The molecule has 0 unspecified atom stereocenters. The molecular formula is C7H14ClN. The van der Waals surface area contributed by atoms with Crippen molar-refractivity contribution in [1.29, 1.82) is 0 Å². The highest BCUT2D eigenvalue weighted by Gasteiger charge is 2.10. The SMILES string of the molecule is ClCC[C@@H]1CCCNC1. The van der Waals surface area contributed by atoms with Gasteiger partial charge in [0.25, 0.3) is 0 Å². The zero-order valence-corrected chi connectivity index (χ0v) is 6.45. The minimum Gasteiger partial charge on any atom is -0.316 e. The van der Waals surface area contributed by atoms with Crippen LogP contribution in [0.2, 0.25) is 0 Å². The smallest absolute Gasteiger partial charge is 0.0226 e. The van der Waals surface area contributed by atoms with Crippen molar-refractivity contribution in [3.8, 4) is 0 Å². The van der Waals surface area contributed by atoms with Crippen molar-refractivity contribution >= 4 is 11.6 Å². The predicted octanol–water partition coefficient (Wildman–Crippen LogP) is 1.61. The maximum absolute atomic E-state index is 5.61. The molecule has 9 heavy (non-hydrogen) atoms. The maximum atomic E-state index is 5.61. The first kappa shape index (κ1) is 7.36. The van der Waals surface area contributed by atoms with Crippen molar-refractivity contribution in [1.82, 2.24) is 5.32 Å². The summed E-state index contributed by atoms with van der Waals surface area (Å²) in [5, 5.41) is 3.36. The highest BCUT2D eigenvalue weighted by atomic mass is 35.5.